The van der Waals surface area contributed by atoms with Gasteiger partial charge in [0.2, 0.25) is 0 Å². The first-order chi connectivity index (χ1) is 35.6. The molecule has 0 saturated heterocycles. The lowest BCUT2D eigenvalue weighted by atomic mass is 9.33. The molecule has 7 aromatic carbocycles. The second kappa shape index (κ2) is 17.3. The summed E-state index contributed by atoms with van der Waals surface area (Å²) in [6.07, 6.45) is 3.50. The third-order valence-electron chi connectivity index (χ3n) is 17.7. The summed E-state index contributed by atoms with van der Waals surface area (Å²) in [5.74, 6) is 0. The van der Waals surface area contributed by atoms with Gasteiger partial charge in [-0.25, -0.2) is 0 Å². The molecule has 0 saturated carbocycles. The predicted octanol–water partition coefficient (Wildman–Crippen LogP) is 18.6. The zero-order valence-corrected chi connectivity index (χ0v) is 51.0. The fourth-order valence-electron chi connectivity index (χ4n) is 13.1. The van der Waals surface area contributed by atoms with Gasteiger partial charge in [-0.2, -0.15) is 0 Å². The van der Waals surface area contributed by atoms with Crippen LogP contribution in [0.5, 0.6) is 0 Å². The molecule has 0 N–H and O–H groups in total. The van der Waals surface area contributed by atoms with Crippen LogP contribution in [0.25, 0.3) is 32.9 Å². The van der Waals surface area contributed by atoms with Gasteiger partial charge in [-0.05, 0) is 188 Å². The van der Waals surface area contributed by atoms with Gasteiger partial charge in [0.1, 0.15) is 0 Å². The molecule has 77 heavy (non-hydrogen) atoms. The Balaban J connectivity index is 1.33. The van der Waals surface area contributed by atoms with Gasteiger partial charge in [-0.1, -0.05) is 191 Å². The Hall–Kier alpha value is -6.00. The van der Waals surface area contributed by atoms with Crippen molar-refractivity contribution >= 4 is 79.0 Å². The fraction of sp³-hybridized carbons (Fsp3) is 0.425. The number of hydrogen-bond donors (Lipinski definition) is 0. The topological polar surface area (TPSA) is 11.4 Å². The van der Waals surface area contributed by atoms with E-state index < -0.39 is 0 Å². The minimum absolute atomic E-state index is 0.0102. The van der Waals surface area contributed by atoms with E-state index in [2.05, 4.69) is 275 Å². The van der Waals surface area contributed by atoms with Crippen LogP contribution >= 0.6 is 0 Å². The number of hydrogen-bond acceptors (Lipinski definition) is 2. The SMILES string of the molecule is CC(C)(C)c1ccc(N2c3cc(C(C)(C)C)cc4c3B(c3cc(C(C)(C)C)ccc3N4c3ccc(C(C)(C)C)cc3-c3cc(C(C)(C)C)cc(C(C)(C)C)c3)c3ccc4c5c6c(ccc5n(C(C)(C)C)c4c32)CCC6)cc1. The van der Waals surface area contributed by atoms with Crippen LogP contribution in [0.3, 0.4) is 0 Å². The molecule has 0 fully saturated rings. The Kier molecular flexibility index (Phi) is 11.9. The third-order valence-corrected chi connectivity index (χ3v) is 17.7. The highest BCUT2D eigenvalue weighted by Gasteiger charge is 2.47. The first-order valence-corrected chi connectivity index (χ1v) is 29.1. The molecule has 0 bridgehead atoms. The number of aryl methyl sites for hydroxylation is 2. The van der Waals surface area contributed by atoms with Crippen LogP contribution < -0.4 is 26.2 Å². The lowest BCUT2D eigenvalue weighted by Gasteiger charge is -2.46. The number of rotatable bonds is 3. The second-order valence-electron chi connectivity index (χ2n) is 30.7. The van der Waals surface area contributed by atoms with Gasteiger partial charge < -0.3 is 14.4 Å². The maximum absolute atomic E-state index is 2.73. The van der Waals surface area contributed by atoms with Gasteiger partial charge in [0.05, 0.1) is 16.9 Å². The van der Waals surface area contributed by atoms with Crippen LogP contribution in [0.2, 0.25) is 0 Å². The summed E-state index contributed by atoms with van der Waals surface area (Å²) in [6.45, 7) is 49.8. The summed E-state index contributed by atoms with van der Waals surface area (Å²) >= 11 is 0. The number of nitrogens with zero attached hydrogens (tertiary/aromatic N) is 3. The summed E-state index contributed by atoms with van der Waals surface area (Å²) in [5, 5.41) is 2.82. The molecule has 4 heteroatoms. The molecule has 3 nitrogen and oxygen atoms in total. The van der Waals surface area contributed by atoms with Crippen molar-refractivity contribution in [3.63, 3.8) is 0 Å². The largest absolute Gasteiger partial charge is 0.333 e. The second-order valence-corrected chi connectivity index (χ2v) is 30.7. The zero-order chi connectivity index (χ0) is 55.6. The molecule has 2 aliphatic heterocycles. The standard InChI is InChI=1S/C73H88BN3/c1-67(2,3)46-26-30-52(31-27-46)75-61-42-51(72(16,17)18)43-62-64(61)74(56-33-32-54-63-53-24-22-23-44(53)25-34-60(63)77(73(19,20)21)65(54)66(56)75)57-41-48(69(7,8)9)29-36-59(57)76(62)58-35-28-47(68(4,5)6)40-55(58)45-37-49(70(10,11)12)39-50(38-45)71(13,14)15/h25-43H,22-24H2,1-21H3. The van der Waals surface area contributed by atoms with Crippen LogP contribution in [-0.4, -0.2) is 11.3 Å². The molecule has 8 aromatic rings. The lowest BCUT2D eigenvalue weighted by molar-refractivity contribution is 0.423. The Morgan fingerprint density at radius 1 is 0.403 bits per heavy atom. The van der Waals surface area contributed by atoms with E-state index in [9.17, 15) is 0 Å². The highest BCUT2D eigenvalue weighted by molar-refractivity contribution is 7.00. The minimum atomic E-state index is -0.212. The van der Waals surface area contributed by atoms with Gasteiger partial charge in [0, 0.05) is 50.1 Å². The number of aromatic nitrogens is 1. The van der Waals surface area contributed by atoms with Crippen molar-refractivity contribution in [2.45, 2.75) is 203 Å². The van der Waals surface area contributed by atoms with Gasteiger partial charge in [0.15, 0.2) is 0 Å². The highest BCUT2D eigenvalue weighted by atomic mass is 15.2. The number of fused-ring (bicyclic) bond motifs is 10. The van der Waals surface area contributed by atoms with Crippen LogP contribution in [0.15, 0.2) is 115 Å². The molecule has 0 unspecified atom stereocenters. The average molecular weight is 1020 g/mol. The Morgan fingerprint density at radius 2 is 0.922 bits per heavy atom. The van der Waals surface area contributed by atoms with Crippen LogP contribution in [0.1, 0.15) is 196 Å². The van der Waals surface area contributed by atoms with E-state index in [1.54, 1.807) is 5.56 Å². The number of benzene rings is 7. The van der Waals surface area contributed by atoms with Gasteiger partial charge >= 0.3 is 0 Å². The molecular weight excluding hydrogens is 930 g/mol. The maximum Gasteiger partial charge on any atom is 0.252 e. The molecule has 0 spiro atoms. The summed E-state index contributed by atoms with van der Waals surface area (Å²) in [5.41, 5.74) is 27.4. The molecule has 11 rings (SSSR count). The smallest absolute Gasteiger partial charge is 0.252 e. The molecule has 0 atom stereocenters. The van der Waals surface area contributed by atoms with Crippen LogP contribution in [0.4, 0.5) is 34.1 Å². The van der Waals surface area contributed by atoms with Crippen molar-refractivity contribution in [1.82, 2.24) is 4.57 Å². The van der Waals surface area contributed by atoms with Crippen molar-refractivity contribution in [2.24, 2.45) is 0 Å². The van der Waals surface area contributed by atoms with E-state index in [4.69, 9.17) is 0 Å². The molecule has 3 aliphatic rings. The van der Waals surface area contributed by atoms with Crippen molar-refractivity contribution in [3.05, 3.63) is 160 Å². The Morgan fingerprint density at radius 3 is 1.48 bits per heavy atom. The summed E-state index contributed by atoms with van der Waals surface area (Å²) in [7, 11) is 0. The molecule has 1 aromatic heterocycles. The first kappa shape index (κ1) is 53.0. The van der Waals surface area contributed by atoms with Crippen molar-refractivity contribution < 1.29 is 0 Å². The van der Waals surface area contributed by atoms with E-state index >= 15 is 0 Å². The van der Waals surface area contributed by atoms with Gasteiger partial charge in [-0.3, -0.25) is 0 Å². The predicted molar refractivity (Wildman–Crippen MR) is 338 cm³/mol. The van der Waals surface area contributed by atoms with E-state index in [-0.39, 0.29) is 44.7 Å². The zero-order valence-electron chi connectivity index (χ0n) is 51.0. The molecule has 398 valence electrons. The van der Waals surface area contributed by atoms with Crippen LogP contribution in [-0.2, 0) is 50.9 Å². The van der Waals surface area contributed by atoms with Gasteiger partial charge in [0.25, 0.3) is 6.71 Å². The number of anilines is 6. The molecular formula is C73H88BN3. The maximum atomic E-state index is 2.73. The van der Waals surface area contributed by atoms with E-state index in [1.807, 2.05) is 0 Å². The van der Waals surface area contributed by atoms with Crippen molar-refractivity contribution in [2.75, 3.05) is 9.80 Å². The molecule has 0 radical (unpaired) electrons. The summed E-state index contributed by atoms with van der Waals surface area (Å²) in [6, 6.07) is 47.2. The van der Waals surface area contributed by atoms with Gasteiger partial charge in [-0.15, -0.1) is 0 Å². The van der Waals surface area contributed by atoms with Crippen LogP contribution in [0, 0.1) is 0 Å². The molecule has 0 amide bonds. The lowest BCUT2D eigenvalue weighted by Crippen LogP contribution is -2.61. The van der Waals surface area contributed by atoms with E-state index in [0.29, 0.717) is 0 Å². The first-order valence-electron chi connectivity index (χ1n) is 29.1. The Labute approximate surface area is 464 Å². The highest BCUT2D eigenvalue weighted by Crippen LogP contribution is 2.53. The molecule has 3 heterocycles. The van der Waals surface area contributed by atoms with Crippen molar-refractivity contribution in [1.29, 1.82) is 0 Å². The Bertz CT molecular complexity index is 3670. The third kappa shape index (κ3) is 8.78. The average Bonchev–Trinajstić information content (AvgIpc) is 4.18. The normalized spacial score (nSPS) is 15.1. The fourth-order valence-corrected chi connectivity index (χ4v) is 13.1. The quantitative estimate of drug-likeness (QED) is 0.163. The molecule has 1 aliphatic carbocycles. The monoisotopic (exact) mass is 1020 g/mol. The van der Waals surface area contributed by atoms with E-state index in [1.165, 1.54) is 129 Å². The minimum Gasteiger partial charge on any atom is -0.333 e. The summed E-state index contributed by atoms with van der Waals surface area (Å²) in [4.78, 5) is 5.42. The summed E-state index contributed by atoms with van der Waals surface area (Å²) < 4.78 is 2.73. The van der Waals surface area contributed by atoms with E-state index in [0.717, 1.165) is 12.8 Å². The van der Waals surface area contributed by atoms with Crippen molar-refractivity contribution in [3.8, 4) is 11.1 Å².